The average molecular weight is 384 g/mol. The van der Waals surface area contributed by atoms with Crippen LogP contribution < -0.4 is 4.72 Å². The highest BCUT2D eigenvalue weighted by Gasteiger charge is 2.16. The van der Waals surface area contributed by atoms with Crippen LogP contribution in [0, 0.1) is 0 Å². The first-order valence-electron chi connectivity index (χ1n) is 5.99. The Morgan fingerprint density at radius 3 is 2.57 bits per heavy atom. The van der Waals surface area contributed by atoms with E-state index in [1.807, 2.05) is 0 Å². The van der Waals surface area contributed by atoms with Crippen molar-refractivity contribution in [3.8, 4) is 0 Å². The summed E-state index contributed by atoms with van der Waals surface area (Å²) in [4.78, 5) is 0.215. The highest BCUT2D eigenvalue weighted by Crippen LogP contribution is 2.24. The van der Waals surface area contributed by atoms with Crippen LogP contribution in [0.1, 0.15) is 5.56 Å². The number of benzene rings is 2. The van der Waals surface area contributed by atoms with Gasteiger partial charge in [0.05, 0.1) is 22.3 Å². The zero-order valence-corrected chi connectivity index (χ0v) is 13.9. The summed E-state index contributed by atoms with van der Waals surface area (Å²) < 4.78 is 35.6. The summed E-state index contributed by atoms with van der Waals surface area (Å²) in [6.45, 7) is 0. The number of aromatic nitrogens is 2. The first-order chi connectivity index (χ1) is 10.1. The third-order valence-electron chi connectivity index (χ3n) is 2.92. The number of anilines is 1. The normalized spacial score (nSPS) is 11.7. The van der Waals surface area contributed by atoms with Gasteiger partial charge in [-0.25, -0.2) is 8.42 Å². The molecule has 0 atom stereocenters. The lowest BCUT2D eigenvalue weighted by atomic mass is 10.2. The second-order valence-corrected chi connectivity index (χ2v) is 7.09. The molecule has 0 fully saturated rings. The number of alkyl halides is 1. The summed E-state index contributed by atoms with van der Waals surface area (Å²) in [6.07, 6.45) is 0. The lowest BCUT2D eigenvalue weighted by Gasteiger charge is -2.08. The number of hydrogen-bond donors (Lipinski definition) is 1. The largest absolute Gasteiger partial charge is 0.277 e. The van der Waals surface area contributed by atoms with Gasteiger partial charge in [-0.2, -0.15) is 8.75 Å². The molecule has 0 aliphatic rings. The maximum Gasteiger partial charge on any atom is 0.261 e. The summed E-state index contributed by atoms with van der Waals surface area (Å²) in [7, 11) is -3.64. The van der Waals surface area contributed by atoms with Crippen LogP contribution in [0.4, 0.5) is 5.69 Å². The van der Waals surface area contributed by atoms with Crippen molar-refractivity contribution in [2.75, 3.05) is 4.72 Å². The summed E-state index contributed by atoms with van der Waals surface area (Å²) in [5.74, 6) is 0. The number of hydrogen-bond acceptors (Lipinski definition) is 5. The number of rotatable bonds is 4. The molecule has 0 spiro atoms. The Balaban J connectivity index is 1.97. The third-order valence-corrected chi connectivity index (χ3v) is 5.49. The number of sulfonamides is 1. The van der Waals surface area contributed by atoms with Crippen LogP contribution in [-0.2, 0) is 15.4 Å². The third kappa shape index (κ3) is 2.92. The molecule has 8 heteroatoms. The first kappa shape index (κ1) is 14.4. The van der Waals surface area contributed by atoms with Gasteiger partial charge in [0, 0.05) is 5.33 Å². The number of halogens is 1. The smallest absolute Gasteiger partial charge is 0.261 e. The fourth-order valence-electron chi connectivity index (χ4n) is 1.85. The van der Waals surface area contributed by atoms with Gasteiger partial charge in [0.25, 0.3) is 10.0 Å². The average Bonchev–Trinajstić information content (AvgIpc) is 2.97. The minimum absolute atomic E-state index is 0.215. The molecule has 0 saturated heterocycles. The van der Waals surface area contributed by atoms with Gasteiger partial charge >= 0.3 is 0 Å². The first-order valence-corrected chi connectivity index (χ1v) is 9.33. The molecule has 5 nitrogen and oxygen atoms in total. The van der Waals surface area contributed by atoms with Crippen LogP contribution >= 0.6 is 27.7 Å². The monoisotopic (exact) mass is 383 g/mol. The molecule has 108 valence electrons. The Hall–Kier alpha value is -1.51. The van der Waals surface area contributed by atoms with Crippen molar-refractivity contribution in [1.29, 1.82) is 0 Å². The van der Waals surface area contributed by atoms with E-state index in [2.05, 4.69) is 29.4 Å². The fraction of sp³-hybridized carbons (Fsp3) is 0.0769. The van der Waals surface area contributed by atoms with E-state index in [1.54, 1.807) is 42.5 Å². The molecule has 21 heavy (non-hydrogen) atoms. The molecular weight excluding hydrogens is 374 g/mol. The molecule has 1 N–H and O–H groups in total. The Morgan fingerprint density at radius 1 is 1.10 bits per heavy atom. The van der Waals surface area contributed by atoms with E-state index in [4.69, 9.17) is 0 Å². The van der Waals surface area contributed by atoms with Crippen molar-refractivity contribution < 1.29 is 8.42 Å². The van der Waals surface area contributed by atoms with Crippen LogP contribution in [-0.4, -0.2) is 17.2 Å². The van der Waals surface area contributed by atoms with Gasteiger partial charge in [0.1, 0.15) is 11.0 Å². The van der Waals surface area contributed by atoms with Gasteiger partial charge in [0.15, 0.2) is 0 Å². The van der Waals surface area contributed by atoms with Gasteiger partial charge in [-0.1, -0.05) is 34.1 Å². The summed E-state index contributed by atoms with van der Waals surface area (Å²) in [5.41, 5.74) is 2.68. The highest BCUT2D eigenvalue weighted by atomic mass is 79.9. The maximum atomic E-state index is 12.4. The van der Waals surface area contributed by atoms with E-state index >= 15 is 0 Å². The molecule has 3 rings (SSSR count). The van der Waals surface area contributed by atoms with Crippen molar-refractivity contribution in [3.05, 3.63) is 48.0 Å². The van der Waals surface area contributed by atoms with E-state index in [-0.39, 0.29) is 4.90 Å². The van der Waals surface area contributed by atoms with Crippen LogP contribution in [0.25, 0.3) is 11.0 Å². The predicted octanol–water partition coefficient (Wildman–Crippen LogP) is 3.39. The minimum Gasteiger partial charge on any atom is -0.277 e. The quantitative estimate of drug-likeness (QED) is 0.700. The fourth-order valence-corrected chi connectivity index (χ4v) is 3.84. The summed E-state index contributed by atoms with van der Waals surface area (Å²) in [5, 5.41) is 0.685. The standard InChI is InChI=1S/C13H10BrN3O2S2/c14-8-9-4-6-10(7-5-9)21(18,19)17-12-3-1-2-11-13(12)16-20-15-11/h1-7,17H,8H2. The zero-order valence-electron chi connectivity index (χ0n) is 10.7. The van der Waals surface area contributed by atoms with Gasteiger partial charge in [-0.15, -0.1) is 0 Å². The van der Waals surface area contributed by atoms with E-state index in [1.165, 1.54) is 0 Å². The molecule has 0 saturated carbocycles. The molecule has 3 aromatic rings. The Kier molecular flexibility index (Phi) is 3.92. The van der Waals surface area contributed by atoms with Crippen molar-refractivity contribution in [1.82, 2.24) is 8.75 Å². The molecule has 1 aromatic heterocycles. The second kappa shape index (κ2) is 5.70. The molecule has 2 aromatic carbocycles. The van der Waals surface area contributed by atoms with Gasteiger partial charge in [0.2, 0.25) is 0 Å². The molecule has 1 heterocycles. The zero-order chi connectivity index (χ0) is 14.9. The molecule has 0 aliphatic carbocycles. The lowest BCUT2D eigenvalue weighted by Crippen LogP contribution is -2.13. The molecule has 0 amide bonds. The number of nitrogens with zero attached hydrogens (tertiary/aromatic N) is 2. The predicted molar refractivity (Wildman–Crippen MR) is 87.3 cm³/mol. The van der Waals surface area contributed by atoms with E-state index in [0.29, 0.717) is 22.1 Å². The molecule has 0 aliphatic heterocycles. The summed E-state index contributed by atoms with van der Waals surface area (Å²) in [6, 6.07) is 11.9. The Morgan fingerprint density at radius 2 is 1.86 bits per heavy atom. The van der Waals surface area contributed by atoms with E-state index < -0.39 is 10.0 Å². The second-order valence-electron chi connectivity index (χ2n) is 4.32. The molecule has 0 unspecified atom stereocenters. The highest BCUT2D eigenvalue weighted by molar-refractivity contribution is 9.08. The molecule has 0 bridgehead atoms. The van der Waals surface area contributed by atoms with Crippen molar-refractivity contribution in [2.24, 2.45) is 0 Å². The van der Waals surface area contributed by atoms with E-state index in [9.17, 15) is 8.42 Å². The van der Waals surface area contributed by atoms with Gasteiger partial charge in [-0.3, -0.25) is 4.72 Å². The number of nitrogens with one attached hydrogen (secondary N) is 1. The van der Waals surface area contributed by atoms with Crippen molar-refractivity contribution >= 4 is 54.4 Å². The van der Waals surface area contributed by atoms with Gasteiger partial charge < -0.3 is 0 Å². The maximum absolute atomic E-state index is 12.4. The lowest BCUT2D eigenvalue weighted by molar-refractivity contribution is 0.601. The van der Waals surface area contributed by atoms with Crippen LogP contribution in [0.2, 0.25) is 0 Å². The Bertz CT molecular complexity index is 876. The topological polar surface area (TPSA) is 72.0 Å². The van der Waals surface area contributed by atoms with Gasteiger partial charge in [-0.05, 0) is 29.8 Å². The van der Waals surface area contributed by atoms with Crippen LogP contribution in [0.3, 0.4) is 0 Å². The summed E-state index contributed by atoms with van der Waals surface area (Å²) >= 11 is 4.38. The molecule has 0 radical (unpaired) electrons. The van der Waals surface area contributed by atoms with Crippen LogP contribution in [0.5, 0.6) is 0 Å². The van der Waals surface area contributed by atoms with Crippen molar-refractivity contribution in [2.45, 2.75) is 10.2 Å². The van der Waals surface area contributed by atoms with Crippen LogP contribution in [0.15, 0.2) is 47.4 Å². The number of fused-ring (bicyclic) bond motifs is 1. The van der Waals surface area contributed by atoms with E-state index in [0.717, 1.165) is 17.3 Å². The minimum atomic E-state index is -3.64. The SMILES string of the molecule is O=S(=O)(Nc1cccc2nsnc12)c1ccc(CBr)cc1. The molecular formula is C13H10BrN3O2S2. The Labute approximate surface area is 134 Å². The van der Waals surface area contributed by atoms with Crippen molar-refractivity contribution in [3.63, 3.8) is 0 Å².